The molecule has 0 aliphatic carbocycles. The molecule has 0 saturated carbocycles. The molecular weight excluding hydrogens is 452 g/mol. The number of hydrazine groups is 1. The first-order valence-corrected chi connectivity index (χ1v) is 10.4. The Morgan fingerprint density at radius 2 is 1.55 bits per heavy atom. The Kier molecular flexibility index (Phi) is 8.39. The first-order valence-electron chi connectivity index (χ1n) is 10.4. The molecule has 0 atom stereocenters. The first-order chi connectivity index (χ1) is 15.1. The SMILES string of the molecule is CC(C)(C)N=C(CN1CCC(CNC(=O)c2cc(C(F)(F)F)cc(C(F)(F)F)c2)CC1)NN. The summed E-state index contributed by atoms with van der Waals surface area (Å²) >= 11 is 0. The molecule has 186 valence electrons. The lowest BCUT2D eigenvalue weighted by molar-refractivity contribution is -0.143. The van der Waals surface area contributed by atoms with E-state index < -0.39 is 35.0 Å². The number of aliphatic imine (C=N–C) groups is 1. The van der Waals surface area contributed by atoms with Gasteiger partial charge in [-0.3, -0.25) is 14.7 Å². The van der Waals surface area contributed by atoms with Gasteiger partial charge in [-0.05, 0) is 70.8 Å². The van der Waals surface area contributed by atoms with Crippen LogP contribution >= 0.6 is 0 Å². The van der Waals surface area contributed by atoms with E-state index >= 15 is 0 Å². The number of rotatable bonds is 5. The molecule has 1 aromatic carbocycles. The average molecular weight is 481 g/mol. The summed E-state index contributed by atoms with van der Waals surface area (Å²) < 4.78 is 78.0. The van der Waals surface area contributed by atoms with E-state index in [0.29, 0.717) is 50.4 Å². The maximum Gasteiger partial charge on any atom is 0.416 e. The van der Waals surface area contributed by atoms with E-state index in [0.717, 1.165) is 0 Å². The van der Waals surface area contributed by atoms with Crippen molar-refractivity contribution in [3.63, 3.8) is 0 Å². The number of hydrogen-bond acceptors (Lipinski definition) is 4. The predicted octanol–water partition coefficient (Wildman–Crippen LogP) is 3.83. The predicted molar refractivity (Wildman–Crippen MR) is 112 cm³/mol. The van der Waals surface area contributed by atoms with E-state index in [4.69, 9.17) is 5.84 Å². The third kappa shape index (κ3) is 8.50. The topological polar surface area (TPSA) is 82.8 Å². The Morgan fingerprint density at radius 3 is 1.97 bits per heavy atom. The summed E-state index contributed by atoms with van der Waals surface area (Å²) in [6, 6.07) is 0.867. The third-order valence-electron chi connectivity index (χ3n) is 5.12. The average Bonchev–Trinajstić information content (AvgIpc) is 2.69. The minimum Gasteiger partial charge on any atom is -0.352 e. The molecule has 2 rings (SSSR count). The van der Waals surface area contributed by atoms with Crippen molar-refractivity contribution in [2.75, 3.05) is 26.2 Å². The van der Waals surface area contributed by atoms with E-state index in [-0.39, 0.29) is 24.1 Å². The van der Waals surface area contributed by atoms with Crippen LogP contribution in [0.25, 0.3) is 0 Å². The van der Waals surface area contributed by atoms with Crippen LogP contribution in [0.3, 0.4) is 0 Å². The first kappa shape index (κ1) is 26.9. The molecule has 1 aromatic rings. The molecule has 0 spiro atoms. The van der Waals surface area contributed by atoms with Gasteiger partial charge in [0, 0.05) is 12.1 Å². The monoisotopic (exact) mass is 481 g/mol. The molecule has 0 bridgehead atoms. The zero-order chi connectivity index (χ0) is 25.0. The lowest BCUT2D eigenvalue weighted by Gasteiger charge is -2.32. The summed E-state index contributed by atoms with van der Waals surface area (Å²) in [6.45, 7) is 7.89. The Bertz CT molecular complexity index is 820. The van der Waals surface area contributed by atoms with Gasteiger partial charge in [0.15, 0.2) is 0 Å². The second kappa shape index (κ2) is 10.3. The van der Waals surface area contributed by atoms with Crippen LogP contribution in [-0.4, -0.2) is 48.4 Å². The fourth-order valence-corrected chi connectivity index (χ4v) is 3.50. The van der Waals surface area contributed by atoms with Gasteiger partial charge in [0.05, 0.1) is 23.2 Å². The van der Waals surface area contributed by atoms with E-state index in [1.165, 1.54) is 0 Å². The second-order valence-electron chi connectivity index (χ2n) is 9.10. The number of piperidine rings is 1. The molecule has 0 unspecified atom stereocenters. The number of alkyl halides is 6. The summed E-state index contributed by atoms with van der Waals surface area (Å²) in [4.78, 5) is 19.0. The normalized spacial score (nSPS) is 17.2. The van der Waals surface area contributed by atoms with E-state index in [1.807, 2.05) is 20.8 Å². The highest BCUT2D eigenvalue weighted by Gasteiger charge is 2.37. The molecule has 1 aliphatic rings. The third-order valence-corrected chi connectivity index (χ3v) is 5.12. The van der Waals surface area contributed by atoms with Gasteiger partial charge < -0.3 is 10.7 Å². The molecule has 1 saturated heterocycles. The number of benzene rings is 1. The minimum absolute atomic E-state index is 0.0000754. The van der Waals surface area contributed by atoms with Crippen molar-refractivity contribution in [3.05, 3.63) is 34.9 Å². The lowest BCUT2D eigenvalue weighted by Crippen LogP contribution is -2.45. The number of halogens is 6. The molecule has 1 heterocycles. The van der Waals surface area contributed by atoms with Gasteiger partial charge in [-0.25, -0.2) is 5.84 Å². The zero-order valence-corrected chi connectivity index (χ0v) is 18.7. The number of nitrogens with one attached hydrogen (secondary N) is 2. The number of carbonyl (C=O) groups excluding carboxylic acids is 1. The van der Waals surface area contributed by atoms with Gasteiger partial charge in [0.25, 0.3) is 5.91 Å². The van der Waals surface area contributed by atoms with Crippen molar-refractivity contribution in [2.24, 2.45) is 16.8 Å². The van der Waals surface area contributed by atoms with Crippen LogP contribution in [0.15, 0.2) is 23.2 Å². The fourth-order valence-electron chi connectivity index (χ4n) is 3.50. The number of nitrogens with two attached hydrogens (primary N) is 1. The van der Waals surface area contributed by atoms with Crippen LogP contribution in [0.1, 0.15) is 55.1 Å². The van der Waals surface area contributed by atoms with Gasteiger partial charge in [-0.15, -0.1) is 0 Å². The molecule has 1 aliphatic heterocycles. The molecule has 4 N–H and O–H groups in total. The molecule has 0 aromatic heterocycles. The molecule has 12 heteroatoms. The smallest absolute Gasteiger partial charge is 0.352 e. The molecule has 0 radical (unpaired) electrons. The van der Waals surface area contributed by atoms with Crippen molar-refractivity contribution in [3.8, 4) is 0 Å². The zero-order valence-electron chi connectivity index (χ0n) is 18.7. The van der Waals surface area contributed by atoms with Crippen molar-refractivity contribution in [1.29, 1.82) is 0 Å². The van der Waals surface area contributed by atoms with Crippen molar-refractivity contribution in [1.82, 2.24) is 15.6 Å². The Balaban J connectivity index is 1.96. The van der Waals surface area contributed by atoms with Gasteiger partial charge in [-0.1, -0.05) is 0 Å². The Hall–Kier alpha value is -2.34. The van der Waals surface area contributed by atoms with E-state index in [1.54, 1.807) is 0 Å². The van der Waals surface area contributed by atoms with Crippen LogP contribution in [0.2, 0.25) is 0 Å². The lowest BCUT2D eigenvalue weighted by atomic mass is 9.96. The van der Waals surface area contributed by atoms with Crippen LogP contribution in [0.4, 0.5) is 26.3 Å². The number of carbonyl (C=O) groups is 1. The van der Waals surface area contributed by atoms with Crippen molar-refractivity contribution in [2.45, 2.75) is 51.5 Å². The molecule has 33 heavy (non-hydrogen) atoms. The molecule has 1 amide bonds. The van der Waals surface area contributed by atoms with E-state index in [9.17, 15) is 31.1 Å². The van der Waals surface area contributed by atoms with Gasteiger partial charge in [0.2, 0.25) is 0 Å². The minimum atomic E-state index is -5.00. The second-order valence-corrected chi connectivity index (χ2v) is 9.10. The summed E-state index contributed by atoms with van der Waals surface area (Å²) in [7, 11) is 0. The maximum atomic E-state index is 13.0. The number of nitrogens with zero attached hydrogens (tertiary/aromatic N) is 2. The maximum absolute atomic E-state index is 13.0. The van der Waals surface area contributed by atoms with Gasteiger partial charge >= 0.3 is 12.4 Å². The number of hydrogen-bond donors (Lipinski definition) is 3. The Morgan fingerprint density at radius 1 is 1.03 bits per heavy atom. The van der Waals surface area contributed by atoms with Gasteiger partial charge in [0.1, 0.15) is 5.84 Å². The Labute approximate surface area is 188 Å². The van der Waals surface area contributed by atoms with Crippen LogP contribution in [-0.2, 0) is 12.4 Å². The number of amidine groups is 1. The van der Waals surface area contributed by atoms with Crippen LogP contribution < -0.4 is 16.6 Å². The van der Waals surface area contributed by atoms with Crippen LogP contribution in [0.5, 0.6) is 0 Å². The summed E-state index contributed by atoms with van der Waals surface area (Å²) in [5.41, 5.74) is -1.40. The summed E-state index contributed by atoms with van der Waals surface area (Å²) in [5, 5.41) is 2.48. The molecular formula is C21H29F6N5O. The highest BCUT2D eigenvalue weighted by atomic mass is 19.4. The standard InChI is InChI=1S/C21H29F6N5O/c1-19(2,3)30-17(31-28)12-32-6-4-13(5-7-32)11-29-18(33)14-8-15(20(22,23)24)10-16(9-14)21(25,26)27/h8-10,13H,4-7,11-12,28H2,1-3H3,(H,29,33)(H,30,31). The summed E-state index contributed by atoms with van der Waals surface area (Å²) in [6.07, 6.45) is -8.61. The molecule has 6 nitrogen and oxygen atoms in total. The fraction of sp³-hybridized carbons (Fsp3) is 0.619. The quantitative estimate of drug-likeness (QED) is 0.196. The van der Waals surface area contributed by atoms with Gasteiger partial charge in [-0.2, -0.15) is 26.3 Å². The van der Waals surface area contributed by atoms with Crippen LogP contribution in [0, 0.1) is 5.92 Å². The van der Waals surface area contributed by atoms with E-state index in [2.05, 4.69) is 20.6 Å². The number of amides is 1. The highest BCUT2D eigenvalue weighted by molar-refractivity contribution is 5.94. The van der Waals surface area contributed by atoms with Crippen molar-refractivity contribution < 1.29 is 31.1 Å². The summed E-state index contributed by atoms with van der Waals surface area (Å²) in [5.74, 6) is 5.25. The van der Waals surface area contributed by atoms with Crippen molar-refractivity contribution >= 4 is 11.7 Å². The number of likely N-dealkylation sites (tertiary alicyclic amines) is 1. The highest BCUT2D eigenvalue weighted by Crippen LogP contribution is 2.36. The molecule has 1 fully saturated rings. The largest absolute Gasteiger partial charge is 0.416 e.